The quantitative estimate of drug-likeness (QED) is 0.799. The Labute approximate surface area is 178 Å². The highest BCUT2D eigenvalue weighted by molar-refractivity contribution is 6.04. The molecule has 3 unspecified atom stereocenters. The molecule has 3 aliphatic heterocycles. The molecule has 1 aromatic carbocycles. The molecule has 0 radical (unpaired) electrons. The van der Waals surface area contributed by atoms with Gasteiger partial charge in [0.05, 0.1) is 5.71 Å². The van der Waals surface area contributed by atoms with Gasteiger partial charge >= 0.3 is 6.03 Å². The highest BCUT2D eigenvalue weighted by Gasteiger charge is 2.56. The number of benzene rings is 1. The minimum Gasteiger partial charge on any atom is -0.310 e. The second-order valence-electron chi connectivity index (χ2n) is 9.27. The fraction of sp³-hybridized carbons (Fsp3) is 0.591. The molecule has 8 heteroatoms. The summed E-state index contributed by atoms with van der Waals surface area (Å²) >= 11 is 0. The first kappa shape index (κ1) is 20.8. The number of nitrogens with zero attached hydrogens (tertiary/aromatic N) is 5. The smallest absolute Gasteiger partial charge is 0.310 e. The summed E-state index contributed by atoms with van der Waals surface area (Å²) in [6.07, 6.45) is -0.577. The van der Waals surface area contributed by atoms with Crippen LogP contribution >= 0.6 is 0 Å². The number of rotatable bonds is 5. The zero-order chi connectivity index (χ0) is 21.6. The Balaban J connectivity index is 1.70. The van der Waals surface area contributed by atoms with Crippen LogP contribution in [0.3, 0.4) is 0 Å². The summed E-state index contributed by atoms with van der Waals surface area (Å²) in [4.78, 5) is 31.6. The third-order valence-electron chi connectivity index (χ3n) is 5.83. The number of urea groups is 1. The Morgan fingerprint density at radius 2 is 1.73 bits per heavy atom. The Bertz CT molecular complexity index is 839. The number of carbonyl (C=O) groups excluding carboxylic acids is 2. The van der Waals surface area contributed by atoms with Gasteiger partial charge < -0.3 is 4.90 Å². The van der Waals surface area contributed by atoms with E-state index in [2.05, 4.69) is 36.2 Å². The second kappa shape index (κ2) is 8.00. The molecule has 0 spiro atoms. The highest BCUT2D eigenvalue weighted by atomic mass is 16.2. The average Bonchev–Trinajstić information content (AvgIpc) is 3.10. The molecule has 2 fully saturated rings. The zero-order valence-corrected chi connectivity index (χ0v) is 18.4. The molecule has 0 aliphatic carbocycles. The Kier molecular flexibility index (Phi) is 5.55. The maximum absolute atomic E-state index is 13.5. The number of carbonyl (C=O) groups is 2. The van der Waals surface area contributed by atoms with Crippen molar-refractivity contribution in [3.63, 3.8) is 0 Å². The monoisotopic (exact) mass is 412 g/mol. The summed E-state index contributed by atoms with van der Waals surface area (Å²) in [6.45, 7) is 10.1. The maximum atomic E-state index is 13.5. The van der Waals surface area contributed by atoms with Crippen LogP contribution in [-0.4, -0.2) is 82.5 Å². The van der Waals surface area contributed by atoms with E-state index in [4.69, 9.17) is 5.10 Å². The van der Waals surface area contributed by atoms with Crippen LogP contribution in [0.4, 0.5) is 4.79 Å². The Morgan fingerprint density at radius 3 is 2.37 bits per heavy atom. The Morgan fingerprint density at radius 1 is 1.07 bits per heavy atom. The first-order chi connectivity index (χ1) is 14.3. The van der Waals surface area contributed by atoms with E-state index < -0.39 is 6.04 Å². The minimum atomic E-state index is -0.430. The van der Waals surface area contributed by atoms with E-state index >= 15 is 0 Å². The molecule has 8 nitrogen and oxygen atoms in total. The molecule has 4 rings (SSSR count). The molecule has 0 bridgehead atoms. The maximum Gasteiger partial charge on any atom is 0.327 e. The molecule has 162 valence electrons. The molecule has 30 heavy (non-hydrogen) atoms. The second-order valence-corrected chi connectivity index (χ2v) is 9.27. The lowest BCUT2D eigenvalue weighted by Crippen LogP contribution is -2.66. The number of hydrazone groups is 1. The van der Waals surface area contributed by atoms with Crippen molar-refractivity contribution in [1.29, 1.82) is 0 Å². The first-order valence-electron chi connectivity index (χ1n) is 10.8. The van der Waals surface area contributed by atoms with Gasteiger partial charge in [0.2, 0.25) is 0 Å². The molecule has 3 aliphatic rings. The van der Waals surface area contributed by atoms with Crippen molar-refractivity contribution < 1.29 is 9.59 Å². The van der Waals surface area contributed by atoms with Crippen LogP contribution in [0, 0.1) is 11.8 Å². The molecular formula is C22H32N6O2. The molecule has 1 N–H and O–H groups in total. The van der Waals surface area contributed by atoms with Crippen LogP contribution in [0.1, 0.15) is 33.3 Å². The summed E-state index contributed by atoms with van der Waals surface area (Å²) in [7, 11) is 1.77. The van der Waals surface area contributed by atoms with Crippen molar-refractivity contribution in [2.24, 2.45) is 16.9 Å². The normalized spacial score (nSPS) is 27.1. The summed E-state index contributed by atoms with van der Waals surface area (Å²) in [5, 5.41) is 10.5. The van der Waals surface area contributed by atoms with Crippen LogP contribution in [0.5, 0.6) is 0 Å². The van der Waals surface area contributed by atoms with Crippen molar-refractivity contribution in [3.05, 3.63) is 35.9 Å². The van der Waals surface area contributed by atoms with Crippen LogP contribution in [0.2, 0.25) is 0 Å². The van der Waals surface area contributed by atoms with Gasteiger partial charge in [-0.25, -0.2) is 9.69 Å². The van der Waals surface area contributed by atoms with E-state index in [0.717, 1.165) is 17.8 Å². The first-order valence-corrected chi connectivity index (χ1v) is 10.8. The fourth-order valence-corrected chi connectivity index (χ4v) is 4.52. The van der Waals surface area contributed by atoms with E-state index in [0.29, 0.717) is 19.0 Å². The largest absolute Gasteiger partial charge is 0.327 e. The number of nitrogens with one attached hydrogen (secondary N) is 1. The van der Waals surface area contributed by atoms with Crippen LogP contribution in [0.25, 0.3) is 0 Å². The summed E-state index contributed by atoms with van der Waals surface area (Å²) < 4.78 is 0. The Hall–Kier alpha value is -2.45. The van der Waals surface area contributed by atoms with E-state index in [1.54, 1.807) is 11.9 Å². The van der Waals surface area contributed by atoms with Crippen LogP contribution in [0.15, 0.2) is 35.4 Å². The average molecular weight is 413 g/mol. The van der Waals surface area contributed by atoms with Gasteiger partial charge in [-0.2, -0.15) is 5.10 Å². The molecule has 0 aromatic heterocycles. The third kappa shape index (κ3) is 3.58. The van der Waals surface area contributed by atoms with Gasteiger partial charge in [0.1, 0.15) is 12.2 Å². The molecule has 2 saturated heterocycles. The number of likely N-dealkylation sites (N-methyl/N-ethyl adjacent to an activating group) is 1. The highest BCUT2D eigenvalue weighted by Crippen LogP contribution is 2.31. The van der Waals surface area contributed by atoms with Gasteiger partial charge in [-0.1, -0.05) is 58.0 Å². The van der Waals surface area contributed by atoms with E-state index in [-0.39, 0.29) is 30.3 Å². The summed E-state index contributed by atoms with van der Waals surface area (Å²) in [5.74, 6) is 0.501. The third-order valence-corrected chi connectivity index (χ3v) is 5.83. The van der Waals surface area contributed by atoms with E-state index in [1.807, 2.05) is 37.1 Å². The number of hydrogen-bond donors (Lipinski definition) is 1. The van der Waals surface area contributed by atoms with Crippen molar-refractivity contribution in [1.82, 2.24) is 25.0 Å². The van der Waals surface area contributed by atoms with E-state index in [9.17, 15) is 9.59 Å². The lowest BCUT2D eigenvalue weighted by atomic mass is 10.1. The van der Waals surface area contributed by atoms with Crippen molar-refractivity contribution in [2.75, 3.05) is 26.7 Å². The zero-order valence-electron chi connectivity index (χ0n) is 18.4. The molecule has 3 amide bonds. The number of fused-ring (bicyclic) bond motifs is 3. The van der Waals surface area contributed by atoms with Crippen molar-refractivity contribution in [2.45, 2.75) is 46.2 Å². The van der Waals surface area contributed by atoms with Gasteiger partial charge in [0, 0.05) is 26.7 Å². The van der Waals surface area contributed by atoms with Gasteiger partial charge in [-0.15, -0.1) is 0 Å². The fourth-order valence-electron chi connectivity index (χ4n) is 4.52. The SMILES string of the molecule is CC(C)CN1C(=O)C2C(NC3N(CC(C)C)N=C(c4ccccc4)CN23)N(C)C1=O. The van der Waals surface area contributed by atoms with Gasteiger partial charge in [0.15, 0.2) is 6.29 Å². The predicted octanol–water partition coefficient (Wildman–Crippen LogP) is 1.80. The summed E-state index contributed by atoms with van der Waals surface area (Å²) in [5.41, 5.74) is 2.00. The number of amides is 3. The standard InChI is InChI=1S/C22H32N6O2/c1-14(2)11-27-20(29)18-19(25(5)22(27)30)23-21-26(18)13-17(16-9-7-6-8-10-16)24-28(21)12-15(3)4/h6-10,14-15,18-19,21,23H,11-13H2,1-5H3. The van der Waals surface area contributed by atoms with Gasteiger partial charge in [-0.05, 0) is 17.4 Å². The molecule has 1 aromatic rings. The molecule has 0 saturated carbocycles. The van der Waals surface area contributed by atoms with E-state index in [1.165, 1.54) is 4.90 Å². The topological polar surface area (TPSA) is 71.5 Å². The lowest BCUT2D eigenvalue weighted by molar-refractivity contribution is -0.139. The number of hydrogen-bond acceptors (Lipinski definition) is 6. The van der Waals surface area contributed by atoms with Gasteiger partial charge in [0.25, 0.3) is 5.91 Å². The van der Waals surface area contributed by atoms with Crippen LogP contribution < -0.4 is 5.32 Å². The minimum absolute atomic E-state index is 0.120. The summed E-state index contributed by atoms with van der Waals surface area (Å²) in [6, 6.07) is 9.44. The van der Waals surface area contributed by atoms with Crippen LogP contribution in [-0.2, 0) is 4.79 Å². The molecule has 3 atom stereocenters. The van der Waals surface area contributed by atoms with Gasteiger partial charge in [-0.3, -0.25) is 20.0 Å². The van der Waals surface area contributed by atoms with Crippen molar-refractivity contribution in [3.8, 4) is 0 Å². The van der Waals surface area contributed by atoms with Crippen molar-refractivity contribution >= 4 is 17.6 Å². The molecular weight excluding hydrogens is 380 g/mol. The number of imide groups is 1. The predicted molar refractivity (Wildman–Crippen MR) is 115 cm³/mol. The lowest BCUT2D eigenvalue weighted by Gasteiger charge is -2.43. The molecule has 3 heterocycles.